The zero-order chi connectivity index (χ0) is 0. The van der Waals surface area contributed by atoms with Crippen LogP contribution in [0.15, 0.2) is 0 Å². The van der Waals surface area contributed by atoms with Crippen LogP contribution in [-0.4, -0.2) is 23.9 Å². The van der Waals surface area contributed by atoms with Crippen molar-refractivity contribution in [2.75, 3.05) is 0 Å². The summed E-state index contributed by atoms with van der Waals surface area (Å²) in [5.41, 5.74) is 0. The minimum Gasteiger partial charge on any atom is -1.00 e. The van der Waals surface area contributed by atoms with Crippen LogP contribution in [0.3, 0.4) is 0 Å². The minimum absolute atomic E-state index is 0. The predicted molar refractivity (Wildman–Crippen MR) is 5.75 cm³/mol. The van der Waals surface area contributed by atoms with E-state index in [-0.39, 0.29) is 74.2 Å². The zero-order valence-corrected chi connectivity index (χ0v) is 7.68. The second kappa shape index (κ2) is 768. The quantitative estimate of drug-likeness (QED) is 0.308. The van der Waals surface area contributed by atoms with E-state index in [9.17, 15) is 0 Å². The van der Waals surface area contributed by atoms with E-state index >= 15 is 0 Å². The molecule has 0 bridgehead atoms. The van der Waals surface area contributed by atoms with Crippen LogP contribution in [-0.2, 0) is 17.4 Å². The Bertz CT molecular complexity index is 8.88. The van der Waals surface area contributed by atoms with E-state index in [1.807, 2.05) is 0 Å². The van der Waals surface area contributed by atoms with Crippen molar-refractivity contribution >= 4 is 23.9 Å². The molecule has 0 heterocycles. The van der Waals surface area contributed by atoms with Gasteiger partial charge in [0, 0.05) is 0 Å². The minimum atomic E-state index is 0. The van der Waals surface area contributed by atoms with Gasteiger partial charge in [-0.3, -0.25) is 0 Å². The average Bonchev–Trinajstić information content (AvgIpc) is 0. The summed E-state index contributed by atoms with van der Waals surface area (Å²) in [6, 6.07) is 0. The van der Waals surface area contributed by atoms with Crippen molar-refractivity contribution in [3.63, 3.8) is 0 Å². The van der Waals surface area contributed by atoms with Gasteiger partial charge in [-0.05, 0) is 0 Å². The molecule has 0 aromatic heterocycles. The third kappa shape index (κ3) is 585. The van der Waals surface area contributed by atoms with E-state index in [0.29, 0.717) is 0 Å². The second-order valence-electron chi connectivity index (χ2n) is 0. The summed E-state index contributed by atoms with van der Waals surface area (Å²) in [6.07, 6.45) is 0. The van der Waals surface area contributed by atoms with Gasteiger partial charge in [0.15, 0.2) is 0 Å². The first-order valence-electron chi connectivity index (χ1n) is 0. The first kappa shape index (κ1) is 1090. The Morgan fingerprint density at radius 1 is 0.333 bits per heavy atom. The molecule has 0 unspecified atom stereocenters. The van der Waals surface area contributed by atoms with Crippen LogP contribution >= 0.6 is 0 Å². The average molecular weight is 304 g/mol. The summed E-state index contributed by atoms with van der Waals surface area (Å²) in [5.74, 6) is 0. The molecule has 0 rings (SSSR count). The number of rotatable bonds is 0. The Labute approximate surface area is 74.4 Å². The van der Waals surface area contributed by atoms with Crippen molar-refractivity contribution in [3.05, 3.63) is 0 Å². The largest absolute Gasteiger partial charge is 4.00 e. The SMILES string of the molecule is [Cr+3].[F-].[F-].[F-].[F-].[F-].[F-].[F-].[Sn+4]. The van der Waals surface area contributed by atoms with Crippen LogP contribution in [0, 0.1) is 0 Å². The van der Waals surface area contributed by atoms with Crippen molar-refractivity contribution in [1.29, 1.82) is 0 Å². The molecule has 59 valence electrons. The van der Waals surface area contributed by atoms with E-state index in [0.717, 1.165) is 0 Å². The molecule has 0 aromatic carbocycles. The van der Waals surface area contributed by atoms with Crippen LogP contribution in [0.1, 0.15) is 0 Å². The molecule has 0 fully saturated rings. The number of halogens is 7. The van der Waals surface area contributed by atoms with E-state index in [1.165, 1.54) is 0 Å². The number of hydrogen-bond donors (Lipinski definition) is 0. The van der Waals surface area contributed by atoms with Gasteiger partial charge >= 0.3 is 41.3 Å². The van der Waals surface area contributed by atoms with E-state index < -0.39 is 0 Å². The Morgan fingerprint density at radius 2 is 0.333 bits per heavy atom. The summed E-state index contributed by atoms with van der Waals surface area (Å²) in [7, 11) is 0. The molecule has 0 atom stereocenters. The first-order chi connectivity index (χ1) is 0. The molecule has 0 aromatic rings. The van der Waals surface area contributed by atoms with Crippen molar-refractivity contribution in [1.82, 2.24) is 0 Å². The third-order valence-electron chi connectivity index (χ3n) is 0. The van der Waals surface area contributed by atoms with Gasteiger partial charge in [0.05, 0.1) is 0 Å². The topological polar surface area (TPSA) is 0 Å². The van der Waals surface area contributed by atoms with Crippen LogP contribution in [0.25, 0.3) is 0 Å². The maximum atomic E-state index is 0. The fourth-order valence-corrected chi connectivity index (χ4v) is 0. The van der Waals surface area contributed by atoms with Gasteiger partial charge in [-0.15, -0.1) is 0 Å². The smallest absolute Gasteiger partial charge is 1.00 e. The molecule has 0 aliphatic heterocycles. The molecular weight excluding hydrogens is 304 g/mol. The molecule has 0 N–H and O–H groups in total. The number of hydrogen-bond acceptors (Lipinski definition) is 0. The fraction of sp³-hybridized carbons (Fsp3) is 0. The van der Waals surface area contributed by atoms with E-state index in [1.54, 1.807) is 0 Å². The standard InChI is InChI=1S/Cr.7FH.Sn/h;7*1H;/q+3;;;;;;;;+4/p-7. The molecule has 0 aliphatic carbocycles. The Morgan fingerprint density at radius 3 is 0.333 bits per heavy atom. The van der Waals surface area contributed by atoms with Crippen LogP contribution in [0.5, 0.6) is 0 Å². The Kier molecular flexibility index (Phi) is 92800. The molecular formula is CrF7Sn. The molecule has 0 spiro atoms. The molecule has 0 saturated heterocycles. The van der Waals surface area contributed by atoms with E-state index in [2.05, 4.69) is 0 Å². The molecule has 9 heteroatoms. The maximum Gasteiger partial charge on any atom is 4.00 e. The van der Waals surface area contributed by atoms with Crippen LogP contribution in [0.2, 0.25) is 0 Å². The van der Waals surface area contributed by atoms with Gasteiger partial charge in [-0.25, -0.2) is 0 Å². The van der Waals surface area contributed by atoms with Gasteiger partial charge in [0.1, 0.15) is 0 Å². The van der Waals surface area contributed by atoms with Crippen molar-refractivity contribution < 1.29 is 50.3 Å². The maximum absolute atomic E-state index is 0. The van der Waals surface area contributed by atoms with E-state index in [4.69, 9.17) is 0 Å². The van der Waals surface area contributed by atoms with Crippen LogP contribution in [0.4, 0.5) is 0 Å². The zero-order valence-electron chi connectivity index (χ0n) is 3.55. The Hall–Kier alpha value is 0.841. The molecule has 0 amide bonds. The van der Waals surface area contributed by atoms with Crippen LogP contribution < -0.4 is 32.9 Å². The van der Waals surface area contributed by atoms with Gasteiger partial charge in [0.25, 0.3) is 0 Å². The van der Waals surface area contributed by atoms with Gasteiger partial charge in [0.2, 0.25) is 0 Å². The van der Waals surface area contributed by atoms with Gasteiger partial charge < -0.3 is 32.9 Å². The molecule has 9 heavy (non-hydrogen) atoms. The summed E-state index contributed by atoms with van der Waals surface area (Å²) >= 11 is 0. The summed E-state index contributed by atoms with van der Waals surface area (Å²) in [4.78, 5) is 0. The van der Waals surface area contributed by atoms with Crippen molar-refractivity contribution in [3.8, 4) is 0 Å². The summed E-state index contributed by atoms with van der Waals surface area (Å²) in [6.45, 7) is 0. The third-order valence-corrected chi connectivity index (χ3v) is 0. The van der Waals surface area contributed by atoms with Crippen molar-refractivity contribution in [2.24, 2.45) is 0 Å². The molecule has 0 aliphatic rings. The summed E-state index contributed by atoms with van der Waals surface area (Å²) in [5, 5.41) is 0. The first-order valence-corrected chi connectivity index (χ1v) is 0. The Balaban J connectivity index is 0. The van der Waals surface area contributed by atoms with Gasteiger partial charge in [-0.2, -0.15) is 0 Å². The second-order valence-corrected chi connectivity index (χ2v) is 0. The molecule has 0 saturated carbocycles. The molecule has 1 radical (unpaired) electrons. The normalized spacial score (nSPS) is 0. The fourth-order valence-electron chi connectivity index (χ4n) is 0. The summed E-state index contributed by atoms with van der Waals surface area (Å²) < 4.78 is 0. The van der Waals surface area contributed by atoms with Crippen molar-refractivity contribution in [2.45, 2.75) is 0 Å². The molecule has 0 nitrogen and oxygen atoms in total. The van der Waals surface area contributed by atoms with Gasteiger partial charge in [-0.1, -0.05) is 0 Å². The monoisotopic (exact) mass is 305 g/mol. The predicted octanol–water partition coefficient (Wildman–Crippen LogP) is -21.4.